The minimum absolute atomic E-state index is 0.0399. The molecule has 1 fully saturated rings. The number of thiol groups is 1. The van der Waals surface area contributed by atoms with Crippen LogP contribution in [0.25, 0.3) is 0 Å². The average Bonchev–Trinajstić information content (AvgIpc) is 1.86. The second-order valence-corrected chi connectivity index (χ2v) is 5.31. The third kappa shape index (κ3) is 2.68. The lowest BCUT2D eigenvalue weighted by Gasteiger charge is -2.34. The minimum atomic E-state index is -0.0399. The fourth-order valence-electron chi connectivity index (χ4n) is 1.78. The van der Waals surface area contributed by atoms with Gasteiger partial charge < -0.3 is 5.11 Å². The van der Waals surface area contributed by atoms with Gasteiger partial charge in [0.2, 0.25) is 0 Å². The van der Waals surface area contributed by atoms with Crippen LogP contribution >= 0.6 is 12.6 Å². The summed E-state index contributed by atoms with van der Waals surface area (Å²) in [4.78, 5) is 0. The summed E-state index contributed by atoms with van der Waals surface area (Å²) < 4.78 is 0.139. The molecule has 0 aromatic rings. The Bertz CT molecular complexity index is 120. The smallest absolute Gasteiger partial charge is 0.0540 e. The van der Waals surface area contributed by atoms with Gasteiger partial charge >= 0.3 is 0 Å². The maximum absolute atomic E-state index is 9.27. The van der Waals surface area contributed by atoms with Crippen LogP contribution in [0, 0.1) is 5.92 Å². The minimum Gasteiger partial charge on any atom is -0.393 e. The maximum atomic E-state index is 9.27. The summed E-state index contributed by atoms with van der Waals surface area (Å²) in [5.41, 5.74) is 0. The van der Waals surface area contributed by atoms with Crippen LogP contribution in [-0.4, -0.2) is 16.0 Å². The first kappa shape index (κ1) is 9.40. The van der Waals surface area contributed by atoms with Gasteiger partial charge in [-0.25, -0.2) is 0 Å². The van der Waals surface area contributed by atoms with Crippen LogP contribution in [0.4, 0.5) is 0 Å². The summed E-state index contributed by atoms with van der Waals surface area (Å²) in [5.74, 6) is 0.689. The number of aliphatic hydroxyl groups is 1. The van der Waals surface area contributed by atoms with Crippen LogP contribution in [0.2, 0.25) is 0 Å². The molecular formula is C9H18OS. The molecule has 1 nitrogen and oxygen atoms in total. The van der Waals surface area contributed by atoms with E-state index in [1.54, 1.807) is 0 Å². The highest BCUT2D eigenvalue weighted by atomic mass is 32.1. The van der Waals surface area contributed by atoms with Crippen molar-refractivity contribution < 1.29 is 5.11 Å². The Morgan fingerprint density at radius 1 is 1.18 bits per heavy atom. The Kier molecular flexibility index (Phi) is 2.87. The fraction of sp³-hybridized carbons (Fsp3) is 1.00. The maximum Gasteiger partial charge on any atom is 0.0540 e. The van der Waals surface area contributed by atoms with E-state index in [0.29, 0.717) is 5.92 Å². The number of hydrogen-bond donors (Lipinski definition) is 2. The monoisotopic (exact) mass is 174 g/mol. The molecule has 66 valence electrons. The van der Waals surface area contributed by atoms with E-state index in [1.807, 2.05) is 0 Å². The number of rotatable bonds is 1. The van der Waals surface area contributed by atoms with Gasteiger partial charge in [0.15, 0.2) is 0 Å². The Hall–Kier alpha value is 0.310. The first-order chi connectivity index (χ1) is 5.00. The van der Waals surface area contributed by atoms with Gasteiger partial charge in [-0.05, 0) is 31.6 Å². The summed E-state index contributed by atoms with van der Waals surface area (Å²) in [6.07, 6.45) is 4.17. The van der Waals surface area contributed by atoms with Gasteiger partial charge in [-0.15, -0.1) is 0 Å². The predicted octanol–water partition coefficient (Wildman–Crippen LogP) is 2.25. The van der Waals surface area contributed by atoms with Crippen molar-refractivity contribution in [3.8, 4) is 0 Å². The lowest BCUT2D eigenvalue weighted by molar-refractivity contribution is 0.101. The molecule has 0 atom stereocenters. The molecule has 0 aliphatic heterocycles. The van der Waals surface area contributed by atoms with E-state index in [1.165, 1.54) is 0 Å². The van der Waals surface area contributed by atoms with Crippen molar-refractivity contribution in [3.05, 3.63) is 0 Å². The van der Waals surface area contributed by atoms with Crippen LogP contribution < -0.4 is 0 Å². The zero-order valence-electron chi connectivity index (χ0n) is 7.38. The second kappa shape index (κ2) is 3.36. The molecule has 0 unspecified atom stereocenters. The van der Waals surface area contributed by atoms with Gasteiger partial charge in [-0.1, -0.05) is 13.8 Å². The Balaban J connectivity index is 2.39. The molecule has 1 saturated carbocycles. The van der Waals surface area contributed by atoms with Gasteiger partial charge in [-0.3, -0.25) is 0 Å². The number of aliphatic hydroxyl groups excluding tert-OH is 1. The van der Waals surface area contributed by atoms with Crippen LogP contribution in [-0.2, 0) is 0 Å². The topological polar surface area (TPSA) is 20.2 Å². The third-order valence-electron chi connectivity index (χ3n) is 2.70. The summed E-state index contributed by atoms with van der Waals surface area (Å²) in [7, 11) is 0. The highest BCUT2D eigenvalue weighted by Crippen LogP contribution is 2.35. The normalized spacial score (nSPS) is 33.8. The van der Waals surface area contributed by atoms with Crippen LogP contribution in [0.5, 0.6) is 0 Å². The summed E-state index contributed by atoms with van der Waals surface area (Å²) in [5, 5.41) is 9.27. The van der Waals surface area contributed by atoms with Crippen LogP contribution in [0.1, 0.15) is 39.5 Å². The lowest BCUT2D eigenvalue weighted by atomic mass is 9.80. The van der Waals surface area contributed by atoms with Crippen molar-refractivity contribution in [1.82, 2.24) is 0 Å². The predicted molar refractivity (Wildman–Crippen MR) is 51.0 cm³/mol. The zero-order valence-corrected chi connectivity index (χ0v) is 8.27. The van der Waals surface area contributed by atoms with Crippen molar-refractivity contribution >= 4 is 12.6 Å². The molecule has 1 rings (SSSR count). The molecule has 11 heavy (non-hydrogen) atoms. The highest BCUT2D eigenvalue weighted by Gasteiger charge is 2.29. The van der Waals surface area contributed by atoms with Gasteiger partial charge in [0.25, 0.3) is 0 Å². The number of hydrogen-bond acceptors (Lipinski definition) is 2. The van der Waals surface area contributed by atoms with Crippen molar-refractivity contribution in [2.24, 2.45) is 5.92 Å². The van der Waals surface area contributed by atoms with E-state index >= 15 is 0 Å². The first-order valence-corrected chi connectivity index (χ1v) is 4.85. The first-order valence-electron chi connectivity index (χ1n) is 4.40. The van der Waals surface area contributed by atoms with Crippen molar-refractivity contribution in [2.75, 3.05) is 0 Å². The largest absolute Gasteiger partial charge is 0.393 e. The quantitative estimate of drug-likeness (QED) is 0.584. The summed E-state index contributed by atoms with van der Waals surface area (Å²) in [6.45, 7) is 4.33. The van der Waals surface area contributed by atoms with Gasteiger partial charge in [0.05, 0.1) is 6.10 Å². The molecule has 0 spiro atoms. The molecule has 1 N–H and O–H groups in total. The van der Waals surface area contributed by atoms with Crippen molar-refractivity contribution in [1.29, 1.82) is 0 Å². The molecular weight excluding hydrogens is 156 g/mol. The van der Waals surface area contributed by atoms with Gasteiger partial charge in [-0.2, -0.15) is 12.6 Å². The Morgan fingerprint density at radius 3 is 2.00 bits per heavy atom. The van der Waals surface area contributed by atoms with Gasteiger partial charge in [0.1, 0.15) is 0 Å². The molecule has 0 bridgehead atoms. The van der Waals surface area contributed by atoms with E-state index in [0.717, 1.165) is 25.7 Å². The van der Waals surface area contributed by atoms with Gasteiger partial charge in [0, 0.05) is 4.75 Å². The molecule has 0 aromatic carbocycles. The van der Waals surface area contributed by atoms with Crippen LogP contribution in [0.15, 0.2) is 0 Å². The highest BCUT2D eigenvalue weighted by molar-refractivity contribution is 7.81. The molecule has 1 aliphatic rings. The molecule has 0 aromatic heterocycles. The molecule has 0 heterocycles. The molecule has 0 amide bonds. The Labute approximate surface area is 74.6 Å². The second-order valence-electron chi connectivity index (χ2n) is 4.16. The zero-order chi connectivity index (χ0) is 8.48. The fourth-order valence-corrected chi connectivity index (χ4v) is 2.04. The summed E-state index contributed by atoms with van der Waals surface area (Å²) >= 11 is 4.55. The van der Waals surface area contributed by atoms with E-state index in [-0.39, 0.29) is 10.9 Å². The molecule has 0 radical (unpaired) electrons. The summed E-state index contributed by atoms with van der Waals surface area (Å²) in [6, 6.07) is 0. The Morgan fingerprint density at radius 2 is 1.64 bits per heavy atom. The molecule has 1 aliphatic carbocycles. The lowest BCUT2D eigenvalue weighted by Crippen LogP contribution is -2.30. The van der Waals surface area contributed by atoms with E-state index in [2.05, 4.69) is 26.5 Å². The average molecular weight is 174 g/mol. The van der Waals surface area contributed by atoms with Crippen molar-refractivity contribution in [3.63, 3.8) is 0 Å². The SMILES string of the molecule is CC(C)(S)[C@H]1CC[C@H](O)CC1. The van der Waals surface area contributed by atoms with E-state index in [9.17, 15) is 5.11 Å². The van der Waals surface area contributed by atoms with E-state index < -0.39 is 0 Å². The third-order valence-corrected chi connectivity index (χ3v) is 3.06. The standard InChI is InChI=1S/C9H18OS/c1-9(2,11)7-3-5-8(10)6-4-7/h7-8,10-11H,3-6H2,1-2H3/t7-,8-. The van der Waals surface area contributed by atoms with Crippen LogP contribution in [0.3, 0.4) is 0 Å². The molecule has 2 heteroatoms. The molecule has 0 saturated heterocycles. The van der Waals surface area contributed by atoms with Crippen molar-refractivity contribution in [2.45, 2.75) is 50.4 Å². The van der Waals surface area contributed by atoms with E-state index in [4.69, 9.17) is 0 Å².